The maximum atomic E-state index is 1.50. The van der Waals surface area contributed by atoms with Gasteiger partial charge in [-0.25, -0.2) is 0 Å². The van der Waals surface area contributed by atoms with Gasteiger partial charge in [0, 0.05) is 0 Å². The van der Waals surface area contributed by atoms with E-state index in [1.807, 2.05) is 0 Å². The van der Waals surface area contributed by atoms with Crippen LogP contribution in [0, 0.1) is 0 Å². The molecule has 0 spiro atoms. The second-order valence-corrected chi connectivity index (χ2v) is 2.12. The van der Waals surface area contributed by atoms with Crippen molar-refractivity contribution < 1.29 is 21.1 Å². The Morgan fingerprint density at radius 2 is 0.571 bits per heavy atom. The maximum Gasteiger partial charge on any atom is 4.00 e. The van der Waals surface area contributed by atoms with Crippen molar-refractivity contribution in [1.29, 1.82) is 0 Å². The molecule has 42 valence electrons. The second-order valence-electron chi connectivity index (χ2n) is 2.12. The number of rotatable bonds is 0. The predicted molar refractivity (Wildman–Crippen MR) is 27.7 cm³/mol. The van der Waals surface area contributed by atoms with E-state index < -0.39 is 0 Å². The molecule has 0 heterocycles. The van der Waals surface area contributed by atoms with Crippen LogP contribution in [0.1, 0.15) is 38.5 Å². The van der Waals surface area contributed by atoms with Crippen LogP contribution in [0.15, 0.2) is 0 Å². The molecular weight excluding hydrogens is 267 g/mol. The molecule has 1 aliphatic carbocycles. The van der Waals surface area contributed by atoms with Gasteiger partial charge in [-0.15, -0.1) is 0 Å². The number of hydrogen-bond donors (Lipinski definition) is 0. The minimum absolute atomic E-state index is 0. The summed E-state index contributed by atoms with van der Waals surface area (Å²) < 4.78 is 0. The van der Waals surface area contributed by atoms with Gasteiger partial charge in [0.15, 0.2) is 0 Å². The third-order valence-electron chi connectivity index (χ3n) is 1.50. The zero-order valence-electron chi connectivity index (χ0n) is 4.56. The topological polar surface area (TPSA) is 0 Å². The van der Waals surface area contributed by atoms with Gasteiger partial charge in [0.25, 0.3) is 0 Å². The molecule has 1 aliphatic rings. The first kappa shape index (κ1) is 7.69. The first-order valence-electron chi connectivity index (χ1n) is 3.00. The minimum atomic E-state index is 0. The zero-order valence-corrected chi connectivity index (χ0v) is 6.83. The Hall–Kier alpha value is 0.688. The average Bonchev–Trinajstić information content (AvgIpc) is 1.72. The summed E-state index contributed by atoms with van der Waals surface area (Å²) in [5.41, 5.74) is 0. The van der Waals surface area contributed by atoms with Gasteiger partial charge < -0.3 is 0 Å². The van der Waals surface area contributed by atoms with E-state index in [0.717, 1.165) is 0 Å². The fourth-order valence-electron chi connectivity index (χ4n) is 1.06. The van der Waals surface area contributed by atoms with Gasteiger partial charge >= 0.3 is 21.1 Å². The van der Waals surface area contributed by atoms with Crippen molar-refractivity contribution in [2.75, 3.05) is 0 Å². The molecule has 0 amide bonds. The minimum Gasteiger partial charge on any atom is -0.0533 e. The number of hydrogen-bond acceptors (Lipinski definition) is 0. The van der Waals surface area contributed by atoms with Crippen molar-refractivity contribution in [3.8, 4) is 0 Å². The Labute approximate surface area is 59.9 Å². The standard InChI is InChI=1S/C6H12.Pt/c1-2-4-6-5-3-1;/h1-6H2;/q;+4. The van der Waals surface area contributed by atoms with Crippen LogP contribution in [0.5, 0.6) is 0 Å². The van der Waals surface area contributed by atoms with Crippen molar-refractivity contribution in [1.82, 2.24) is 0 Å². The fraction of sp³-hybridized carbons (Fsp3) is 1.00. The van der Waals surface area contributed by atoms with E-state index in [9.17, 15) is 0 Å². The molecule has 1 rings (SSSR count). The smallest absolute Gasteiger partial charge is 0.0533 e. The molecule has 0 atom stereocenters. The van der Waals surface area contributed by atoms with Crippen molar-refractivity contribution in [3.63, 3.8) is 0 Å². The molecule has 1 fully saturated rings. The van der Waals surface area contributed by atoms with Gasteiger partial charge in [-0.3, -0.25) is 0 Å². The van der Waals surface area contributed by atoms with Gasteiger partial charge in [-0.2, -0.15) is 0 Å². The quantitative estimate of drug-likeness (QED) is 0.638. The van der Waals surface area contributed by atoms with Gasteiger partial charge in [0.1, 0.15) is 0 Å². The monoisotopic (exact) mass is 279 g/mol. The molecule has 0 N–H and O–H groups in total. The van der Waals surface area contributed by atoms with E-state index in [1.54, 1.807) is 0 Å². The molecule has 1 heteroatoms. The van der Waals surface area contributed by atoms with Crippen LogP contribution < -0.4 is 0 Å². The molecule has 0 unspecified atom stereocenters. The summed E-state index contributed by atoms with van der Waals surface area (Å²) in [6.07, 6.45) is 9.00. The van der Waals surface area contributed by atoms with E-state index in [1.165, 1.54) is 38.5 Å². The molecule has 0 aromatic heterocycles. The third-order valence-corrected chi connectivity index (χ3v) is 1.50. The first-order valence-corrected chi connectivity index (χ1v) is 3.00. The Bertz CT molecular complexity index is 19.7. The Morgan fingerprint density at radius 1 is 0.429 bits per heavy atom. The summed E-state index contributed by atoms with van der Waals surface area (Å²) in [7, 11) is 0. The van der Waals surface area contributed by atoms with Crippen LogP contribution in [0.3, 0.4) is 0 Å². The molecule has 0 aliphatic heterocycles. The van der Waals surface area contributed by atoms with Crippen LogP contribution in [-0.2, 0) is 21.1 Å². The third kappa shape index (κ3) is 3.29. The summed E-state index contributed by atoms with van der Waals surface area (Å²) in [5.74, 6) is 0. The van der Waals surface area contributed by atoms with E-state index in [0.29, 0.717) is 0 Å². The van der Waals surface area contributed by atoms with Crippen LogP contribution in [0.2, 0.25) is 0 Å². The normalized spacial score (nSPS) is 20.6. The molecule has 0 radical (unpaired) electrons. The molecule has 0 aromatic carbocycles. The van der Waals surface area contributed by atoms with Crippen LogP contribution in [0.4, 0.5) is 0 Å². The van der Waals surface area contributed by atoms with E-state index in [-0.39, 0.29) is 21.1 Å². The SMILES string of the molecule is C1CCCCC1.[Pt+4]. The summed E-state index contributed by atoms with van der Waals surface area (Å²) in [4.78, 5) is 0. The second kappa shape index (κ2) is 4.84. The molecule has 1 saturated carbocycles. The first-order chi connectivity index (χ1) is 3.00. The maximum absolute atomic E-state index is 1.50. The van der Waals surface area contributed by atoms with Gasteiger partial charge in [-0.05, 0) is 0 Å². The van der Waals surface area contributed by atoms with Crippen molar-refractivity contribution >= 4 is 0 Å². The largest absolute Gasteiger partial charge is 4.00 e. The molecule has 0 saturated heterocycles. The van der Waals surface area contributed by atoms with Gasteiger partial charge in [0.2, 0.25) is 0 Å². The fourth-order valence-corrected chi connectivity index (χ4v) is 1.06. The van der Waals surface area contributed by atoms with E-state index >= 15 is 0 Å². The van der Waals surface area contributed by atoms with Crippen molar-refractivity contribution in [2.45, 2.75) is 38.5 Å². The summed E-state index contributed by atoms with van der Waals surface area (Å²) in [6.45, 7) is 0. The Kier molecular flexibility index (Phi) is 5.31. The Balaban J connectivity index is 0.000000360. The van der Waals surface area contributed by atoms with Crippen LogP contribution in [0.25, 0.3) is 0 Å². The predicted octanol–water partition coefficient (Wildman–Crippen LogP) is 2.34. The van der Waals surface area contributed by atoms with Gasteiger partial charge in [-0.1, -0.05) is 38.5 Å². The summed E-state index contributed by atoms with van der Waals surface area (Å²) in [6, 6.07) is 0. The van der Waals surface area contributed by atoms with E-state index in [4.69, 9.17) is 0 Å². The average molecular weight is 279 g/mol. The zero-order chi connectivity index (χ0) is 4.24. The van der Waals surface area contributed by atoms with Crippen molar-refractivity contribution in [2.24, 2.45) is 0 Å². The van der Waals surface area contributed by atoms with Gasteiger partial charge in [0.05, 0.1) is 0 Å². The molecule has 0 nitrogen and oxygen atoms in total. The molecular formula is C6H12Pt+4. The summed E-state index contributed by atoms with van der Waals surface area (Å²) >= 11 is 0. The molecule has 7 heavy (non-hydrogen) atoms. The Morgan fingerprint density at radius 3 is 0.714 bits per heavy atom. The molecule has 0 bridgehead atoms. The summed E-state index contributed by atoms with van der Waals surface area (Å²) in [5, 5.41) is 0. The van der Waals surface area contributed by atoms with Crippen molar-refractivity contribution in [3.05, 3.63) is 0 Å². The van der Waals surface area contributed by atoms with E-state index in [2.05, 4.69) is 0 Å². The van der Waals surface area contributed by atoms with Crippen LogP contribution in [-0.4, -0.2) is 0 Å². The van der Waals surface area contributed by atoms with Crippen LogP contribution >= 0.6 is 0 Å². The molecule has 0 aromatic rings.